The van der Waals surface area contributed by atoms with Gasteiger partial charge in [0.1, 0.15) is 11.6 Å². The molecule has 21 heavy (non-hydrogen) atoms. The Balaban J connectivity index is 2.15. The maximum atomic E-state index is 13.2. The summed E-state index contributed by atoms with van der Waals surface area (Å²) in [7, 11) is 1.55. The highest BCUT2D eigenvalue weighted by atomic mass is 35.5. The Labute approximate surface area is 125 Å². The molecule has 5 heteroatoms. The number of hydrogen-bond donors (Lipinski definition) is 1. The van der Waals surface area contributed by atoms with Crippen LogP contribution in [-0.2, 0) is 0 Å². The van der Waals surface area contributed by atoms with Crippen LogP contribution in [0.25, 0.3) is 10.9 Å². The Hall–Kier alpha value is -2.33. The summed E-state index contributed by atoms with van der Waals surface area (Å²) in [5.41, 5.74) is 1.59. The number of aromatic amines is 1. The van der Waals surface area contributed by atoms with Crippen molar-refractivity contribution in [2.75, 3.05) is 7.11 Å². The third kappa shape index (κ3) is 2.28. The third-order valence-electron chi connectivity index (χ3n) is 3.31. The minimum Gasteiger partial charge on any atom is -0.496 e. The molecule has 0 aliphatic carbocycles. The highest BCUT2D eigenvalue weighted by Crippen LogP contribution is 2.30. The topological polar surface area (TPSA) is 42.1 Å². The number of carbonyl (C=O) groups is 1. The molecule has 0 atom stereocenters. The number of ketones is 1. The number of methoxy groups -OCH3 is 1. The Bertz CT molecular complexity index is 841. The first-order valence-electron chi connectivity index (χ1n) is 6.25. The van der Waals surface area contributed by atoms with E-state index >= 15 is 0 Å². The van der Waals surface area contributed by atoms with Crippen molar-refractivity contribution in [2.24, 2.45) is 0 Å². The second kappa shape index (κ2) is 5.22. The second-order valence-electron chi connectivity index (χ2n) is 4.54. The van der Waals surface area contributed by atoms with Crippen LogP contribution in [0.5, 0.6) is 5.75 Å². The number of carbonyl (C=O) groups excluding carboxylic acids is 1. The summed E-state index contributed by atoms with van der Waals surface area (Å²) in [5.74, 6) is -0.192. The molecule has 0 radical (unpaired) electrons. The van der Waals surface area contributed by atoms with Gasteiger partial charge in [-0.05, 0) is 30.3 Å². The Morgan fingerprint density at radius 3 is 2.81 bits per heavy atom. The zero-order valence-electron chi connectivity index (χ0n) is 11.1. The van der Waals surface area contributed by atoms with E-state index in [1.54, 1.807) is 19.4 Å². The predicted octanol–water partition coefficient (Wildman–Crippen LogP) is 4.20. The number of H-pyrrole nitrogens is 1. The maximum absolute atomic E-state index is 13.2. The van der Waals surface area contributed by atoms with Crippen LogP contribution in [0.3, 0.4) is 0 Å². The number of halogens is 2. The fourth-order valence-electron chi connectivity index (χ4n) is 2.29. The number of aromatic nitrogens is 1. The summed E-state index contributed by atoms with van der Waals surface area (Å²) in [4.78, 5) is 15.6. The largest absolute Gasteiger partial charge is 0.496 e. The van der Waals surface area contributed by atoms with Gasteiger partial charge in [-0.3, -0.25) is 4.79 Å². The van der Waals surface area contributed by atoms with E-state index in [4.69, 9.17) is 16.3 Å². The van der Waals surface area contributed by atoms with Gasteiger partial charge in [-0.25, -0.2) is 4.39 Å². The molecule has 3 aromatic rings. The molecule has 1 aromatic heterocycles. The van der Waals surface area contributed by atoms with E-state index in [0.29, 0.717) is 22.3 Å². The van der Waals surface area contributed by atoms with Gasteiger partial charge in [-0.2, -0.15) is 0 Å². The van der Waals surface area contributed by atoms with Gasteiger partial charge in [0.25, 0.3) is 0 Å². The van der Waals surface area contributed by atoms with Crippen LogP contribution >= 0.6 is 11.6 Å². The first-order valence-corrected chi connectivity index (χ1v) is 6.63. The van der Waals surface area contributed by atoms with Gasteiger partial charge in [-0.1, -0.05) is 17.7 Å². The molecular formula is C16H11ClFNO2. The van der Waals surface area contributed by atoms with E-state index in [0.717, 1.165) is 5.52 Å². The van der Waals surface area contributed by atoms with Crippen LogP contribution in [0, 0.1) is 5.82 Å². The van der Waals surface area contributed by atoms with Crippen LogP contribution < -0.4 is 4.74 Å². The lowest BCUT2D eigenvalue weighted by Gasteiger charge is -2.05. The van der Waals surface area contributed by atoms with Crippen molar-refractivity contribution in [3.8, 4) is 5.75 Å². The van der Waals surface area contributed by atoms with Crippen molar-refractivity contribution in [2.45, 2.75) is 0 Å². The Kier molecular flexibility index (Phi) is 3.39. The SMILES string of the molecule is COc1cccc2[nH]cc(C(=O)c3ccc(F)c(Cl)c3)c12. The molecule has 3 rings (SSSR count). The van der Waals surface area contributed by atoms with Crippen LogP contribution in [0.15, 0.2) is 42.6 Å². The van der Waals surface area contributed by atoms with Gasteiger partial charge >= 0.3 is 0 Å². The maximum Gasteiger partial charge on any atom is 0.195 e. The quantitative estimate of drug-likeness (QED) is 0.737. The lowest BCUT2D eigenvalue weighted by molar-refractivity contribution is 0.104. The average Bonchev–Trinajstić information content (AvgIpc) is 2.93. The van der Waals surface area contributed by atoms with E-state index in [9.17, 15) is 9.18 Å². The van der Waals surface area contributed by atoms with Gasteiger partial charge in [0.15, 0.2) is 5.78 Å². The number of ether oxygens (including phenoxy) is 1. The molecule has 106 valence electrons. The lowest BCUT2D eigenvalue weighted by atomic mass is 10.0. The molecule has 0 spiro atoms. The number of fused-ring (bicyclic) bond motifs is 1. The van der Waals surface area contributed by atoms with Gasteiger partial charge < -0.3 is 9.72 Å². The fraction of sp³-hybridized carbons (Fsp3) is 0.0625. The van der Waals surface area contributed by atoms with Crippen LogP contribution in [0.2, 0.25) is 5.02 Å². The summed E-state index contributed by atoms with van der Waals surface area (Å²) < 4.78 is 18.5. The smallest absolute Gasteiger partial charge is 0.195 e. The number of hydrogen-bond acceptors (Lipinski definition) is 2. The fourth-order valence-corrected chi connectivity index (χ4v) is 2.47. The average molecular weight is 304 g/mol. The normalized spacial score (nSPS) is 10.8. The molecule has 0 unspecified atom stereocenters. The highest BCUT2D eigenvalue weighted by molar-refractivity contribution is 6.31. The van der Waals surface area contributed by atoms with Crippen molar-refractivity contribution in [1.82, 2.24) is 4.98 Å². The van der Waals surface area contributed by atoms with Gasteiger partial charge in [0, 0.05) is 17.3 Å². The lowest BCUT2D eigenvalue weighted by Crippen LogP contribution is -2.01. The van der Waals surface area contributed by atoms with E-state index in [1.807, 2.05) is 12.1 Å². The molecule has 1 heterocycles. The highest BCUT2D eigenvalue weighted by Gasteiger charge is 2.18. The molecule has 0 fully saturated rings. The molecule has 0 aliphatic heterocycles. The number of nitrogens with one attached hydrogen (secondary N) is 1. The molecule has 1 N–H and O–H groups in total. The minimum absolute atomic E-state index is 0.0762. The second-order valence-corrected chi connectivity index (χ2v) is 4.95. The van der Waals surface area contributed by atoms with Crippen molar-refractivity contribution in [3.63, 3.8) is 0 Å². The van der Waals surface area contributed by atoms with Crippen LogP contribution in [0.4, 0.5) is 4.39 Å². The zero-order valence-corrected chi connectivity index (χ0v) is 11.9. The predicted molar refractivity (Wildman–Crippen MR) is 79.7 cm³/mol. The van der Waals surface area contributed by atoms with E-state index in [2.05, 4.69) is 4.98 Å². The summed E-state index contributed by atoms with van der Waals surface area (Å²) >= 11 is 5.74. The zero-order chi connectivity index (χ0) is 15.0. The van der Waals surface area contributed by atoms with E-state index < -0.39 is 5.82 Å². The molecule has 0 bridgehead atoms. The summed E-state index contributed by atoms with van der Waals surface area (Å²) in [6.07, 6.45) is 1.62. The van der Waals surface area contributed by atoms with Gasteiger partial charge in [-0.15, -0.1) is 0 Å². The Morgan fingerprint density at radius 1 is 1.29 bits per heavy atom. The first-order chi connectivity index (χ1) is 10.1. The molecule has 0 saturated carbocycles. The number of rotatable bonds is 3. The third-order valence-corrected chi connectivity index (χ3v) is 3.60. The molecule has 0 aliphatic rings. The van der Waals surface area contributed by atoms with Crippen molar-refractivity contribution in [3.05, 3.63) is 64.6 Å². The summed E-state index contributed by atoms with van der Waals surface area (Å²) in [6.45, 7) is 0. The molecule has 2 aromatic carbocycles. The van der Waals surface area contributed by atoms with E-state index in [1.165, 1.54) is 18.2 Å². The van der Waals surface area contributed by atoms with Crippen molar-refractivity contribution >= 4 is 28.3 Å². The van der Waals surface area contributed by atoms with Crippen molar-refractivity contribution < 1.29 is 13.9 Å². The molecule has 0 saturated heterocycles. The summed E-state index contributed by atoms with van der Waals surface area (Å²) in [6, 6.07) is 9.39. The monoisotopic (exact) mass is 303 g/mol. The first kappa shape index (κ1) is 13.6. The minimum atomic E-state index is -0.551. The summed E-state index contributed by atoms with van der Waals surface area (Å²) in [5, 5.41) is 0.623. The molecular weight excluding hydrogens is 293 g/mol. The van der Waals surface area contributed by atoms with Gasteiger partial charge in [0.05, 0.1) is 23.1 Å². The molecule has 3 nitrogen and oxygen atoms in total. The van der Waals surface area contributed by atoms with Crippen molar-refractivity contribution in [1.29, 1.82) is 0 Å². The van der Waals surface area contributed by atoms with Crippen LogP contribution in [-0.4, -0.2) is 17.9 Å². The standard InChI is InChI=1S/C16H11ClFNO2/c1-21-14-4-2-3-13-15(14)10(8-19-13)16(20)9-5-6-12(18)11(17)7-9/h2-8,19H,1H3. The van der Waals surface area contributed by atoms with Gasteiger partial charge in [0.2, 0.25) is 0 Å². The Morgan fingerprint density at radius 2 is 2.10 bits per heavy atom. The molecule has 0 amide bonds. The van der Waals surface area contributed by atoms with Crippen LogP contribution in [0.1, 0.15) is 15.9 Å². The van der Waals surface area contributed by atoms with E-state index in [-0.39, 0.29) is 10.8 Å². The number of benzene rings is 2.